The Morgan fingerprint density at radius 2 is 1.76 bits per heavy atom. The van der Waals surface area contributed by atoms with Crippen LogP contribution in [0.1, 0.15) is 44.4 Å². The minimum Gasteiger partial charge on any atom is -0.444 e. The number of halogens is 1. The molecular formula is C27H33ClN4O5. The third-order valence-electron chi connectivity index (χ3n) is 5.15. The fraction of sp³-hybridized carbons (Fsp3) is 0.333. The first-order valence-electron chi connectivity index (χ1n) is 11.6. The third-order valence-corrected chi connectivity index (χ3v) is 5.46. The Bertz CT molecular complexity index is 1130. The number of nitrogens with two attached hydrogens (primary N) is 1. The van der Waals surface area contributed by atoms with Gasteiger partial charge in [-0.25, -0.2) is 4.79 Å². The van der Waals surface area contributed by atoms with Crippen LogP contribution in [0, 0.1) is 6.92 Å². The highest BCUT2D eigenvalue weighted by Crippen LogP contribution is 2.29. The molecule has 0 bridgehead atoms. The number of rotatable bonds is 10. The fourth-order valence-electron chi connectivity index (χ4n) is 3.60. The van der Waals surface area contributed by atoms with E-state index in [0.717, 1.165) is 5.56 Å². The van der Waals surface area contributed by atoms with Crippen molar-refractivity contribution in [2.75, 3.05) is 11.9 Å². The topological polar surface area (TPSA) is 131 Å². The van der Waals surface area contributed by atoms with Crippen LogP contribution in [-0.4, -0.2) is 46.9 Å². The number of amides is 4. The van der Waals surface area contributed by atoms with E-state index in [9.17, 15) is 19.2 Å². The Labute approximate surface area is 222 Å². The Hall–Kier alpha value is -3.85. The standard InChI is InChI=1S/C27H33ClN4O5/c1-6-15-32(25(35)20(16-21(29)33)30-26(36)37-27(3,4)5)23(18-12-8-7-9-13-18)24(34)31-22-17(2)11-10-14-19(22)28/h6-14,20,23H,1,15-16H2,2-5H3,(H2,29,33)(H,30,36)(H,31,34). The average molecular weight is 529 g/mol. The smallest absolute Gasteiger partial charge is 0.408 e. The van der Waals surface area contributed by atoms with Crippen LogP contribution in [0.25, 0.3) is 0 Å². The highest BCUT2D eigenvalue weighted by Gasteiger charge is 2.36. The number of ether oxygens (including phenoxy) is 1. The second kappa shape index (κ2) is 12.9. The molecule has 0 saturated heterocycles. The van der Waals surface area contributed by atoms with Crippen LogP contribution in [-0.2, 0) is 19.1 Å². The summed E-state index contributed by atoms with van der Waals surface area (Å²) in [6, 6.07) is 11.3. The van der Waals surface area contributed by atoms with E-state index in [-0.39, 0.29) is 6.54 Å². The highest BCUT2D eigenvalue weighted by molar-refractivity contribution is 6.34. The van der Waals surface area contributed by atoms with Gasteiger partial charge in [0.2, 0.25) is 11.8 Å². The molecule has 0 saturated carbocycles. The fourth-order valence-corrected chi connectivity index (χ4v) is 3.87. The van der Waals surface area contributed by atoms with Crippen molar-refractivity contribution >= 4 is 41.1 Å². The molecule has 0 aliphatic carbocycles. The summed E-state index contributed by atoms with van der Waals surface area (Å²) >= 11 is 6.32. The van der Waals surface area contributed by atoms with Crippen molar-refractivity contribution < 1.29 is 23.9 Å². The summed E-state index contributed by atoms with van der Waals surface area (Å²) in [5.74, 6) is -2.09. The van der Waals surface area contributed by atoms with Crippen LogP contribution in [0.15, 0.2) is 61.2 Å². The summed E-state index contributed by atoms with van der Waals surface area (Å²) in [7, 11) is 0. The van der Waals surface area contributed by atoms with Gasteiger partial charge in [0.05, 0.1) is 17.1 Å². The number of carbonyl (C=O) groups excluding carboxylic acids is 4. The quantitative estimate of drug-likeness (QED) is 0.399. The number of para-hydroxylation sites is 1. The van der Waals surface area contributed by atoms with Crippen LogP contribution < -0.4 is 16.4 Å². The number of alkyl carbamates (subject to hydrolysis) is 1. The molecule has 198 valence electrons. The van der Waals surface area contributed by atoms with E-state index >= 15 is 0 Å². The summed E-state index contributed by atoms with van der Waals surface area (Å²) in [5, 5.41) is 5.57. The number of benzene rings is 2. The molecule has 10 heteroatoms. The Kier molecular flexibility index (Phi) is 10.3. The predicted molar refractivity (Wildman–Crippen MR) is 143 cm³/mol. The van der Waals surface area contributed by atoms with Gasteiger partial charge in [0.1, 0.15) is 17.7 Å². The zero-order valence-electron chi connectivity index (χ0n) is 21.4. The molecule has 0 aliphatic heterocycles. The molecule has 2 rings (SSSR count). The number of nitrogens with one attached hydrogen (secondary N) is 2. The first kappa shape index (κ1) is 29.4. The summed E-state index contributed by atoms with van der Waals surface area (Å²) in [4.78, 5) is 52.9. The second-order valence-electron chi connectivity index (χ2n) is 9.38. The molecule has 37 heavy (non-hydrogen) atoms. The van der Waals surface area contributed by atoms with E-state index in [1.54, 1.807) is 76.2 Å². The van der Waals surface area contributed by atoms with Gasteiger partial charge in [-0.2, -0.15) is 0 Å². The van der Waals surface area contributed by atoms with Gasteiger partial charge in [-0.3, -0.25) is 14.4 Å². The number of nitrogens with zero attached hydrogens (tertiary/aromatic N) is 1. The van der Waals surface area contributed by atoms with Crippen LogP contribution in [0.3, 0.4) is 0 Å². The predicted octanol–water partition coefficient (Wildman–Crippen LogP) is 4.11. The average Bonchev–Trinajstić information content (AvgIpc) is 2.79. The Morgan fingerprint density at radius 3 is 2.30 bits per heavy atom. The molecule has 0 aliphatic rings. The molecule has 4 amide bonds. The number of aryl methyl sites for hydroxylation is 1. The number of hydrogen-bond acceptors (Lipinski definition) is 5. The number of carbonyl (C=O) groups is 4. The molecule has 4 N–H and O–H groups in total. The lowest BCUT2D eigenvalue weighted by molar-refractivity contribution is -0.141. The normalized spacial score (nSPS) is 12.6. The molecular weight excluding hydrogens is 496 g/mol. The monoisotopic (exact) mass is 528 g/mol. The van der Waals surface area contributed by atoms with Crippen molar-refractivity contribution in [3.05, 3.63) is 77.3 Å². The zero-order valence-corrected chi connectivity index (χ0v) is 22.2. The Morgan fingerprint density at radius 1 is 1.11 bits per heavy atom. The summed E-state index contributed by atoms with van der Waals surface area (Å²) in [6.45, 7) is 10.4. The lowest BCUT2D eigenvalue weighted by atomic mass is 10.0. The first-order valence-corrected chi connectivity index (χ1v) is 12.0. The lowest BCUT2D eigenvalue weighted by Crippen LogP contribution is -2.53. The largest absolute Gasteiger partial charge is 0.444 e. The van der Waals surface area contributed by atoms with E-state index < -0.39 is 47.9 Å². The summed E-state index contributed by atoms with van der Waals surface area (Å²) in [5.41, 5.74) is 6.16. The number of hydrogen-bond donors (Lipinski definition) is 3. The van der Waals surface area contributed by atoms with Gasteiger partial charge in [0.25, 0.3) is 5.91 Å². The van der Waals surface area contributed by atoms with E-state index in [1.807, 2.05) is 0 Å². The van der Waals surface area contributed by atoms with E-state index in [2.05, 4.69) is 17.2 Å². The summed E-state index contributed by atoms with van der Waals surface area (Å²) in [6.07, 6.45) is 0.0350. The van der Waals surface area contributed by atoms with Gasteiger partial charge in [-0.05, 0) is 44.9 Å². The lowest BCUT2D eigenvalue weighted by Gasteiger charge is -2.33. The molecule has 0 spiro atoms. The SMILES string of the molecule is C=CCN(C(=O)C(CC(N)=O)NC(=O)OC(C)(C)C)C(C(=O)Nc1c(C)cccc1Cl)c1ccccc1. The van der Waals surface area contributed by atoms with Crippen molar-refractivity contribution in [3.63, 3.8) is 0 Å². The third kappa shape index (κ3) is 8.64. The van der Waals surface area contributed by atoms with Crippen molar-refractivity contribution in [2.45, 2.75) is 51.8 Å². The van der Waals surface area contributed by atoms with Crippen molar-refractivity contribution in [3.8, 4) is 0 Å². The first-order chi connectivity index (χ1) is 17.3. The Balaban J connectivity index is 2.51. The highest BCUT2D eigenvalue weighted by atomic mass is 35.5. The van der Waals surface area contributed by atoms with Gasteiger partial charge >= 0.3 is 6.09 Å². The minimum absolute atomic E-state index is 0.0709. The van der Waals surface area contributed by atoms with Crippen molar-refractivity contribution in [1.29, 1.82) is 0 Å². The van der Waals surface area contributed by atoms with E-state index in [0.29, 0.717) is 16.3 Å². The molecule has 2 unspecified atom stereocenters. The molecule has 0 radical (unpaired) electrons. The molecule has 2 aromatic carbocycles. The maximum Gasteiger partial charge on any atom is 0.408 e. The van der Waals surface area contributed by atoms with Gasteiger partial charge in [0, 0.05) is 6.54 Å². The van der Waals surface area contributed by atoms with Crippen LogP contribution in [0.4, 0.5) is 10.5 Å². The van der Waals surface area contributed by atoms with Gasteiger partial charge < -0.3 is 26.0 Å². The van der Waals surface area contributed by atoms with Crippen LogP contribution >= 0.6 is 11.6 Å². The molecule has 2 atom stereocenters. The van der Waals surface area contributed by atoms with Crippen molar-refractivity contribution in [2.24, 2.45) is 5.73 Å². The van der Waals surface area contributed by atoms with E-state index in [4.69, 9.17) is 22.1 Å². The van der Waals surface area contributed by atoms with Gasteiger partial charge in [0.15, 0.2) is 0 Å². The molecule has 2 aromatic rings. The maximum atomic E-state index is 13.8. The van der Waals surface area contributed by atoms with Crippen molar-refractivity contribution in [1.82, 2.24) is 10.2 Å². The molecule has 0 fully saturated rings. The number of primary amides is 1. The maximum absolute atomic E-state index is 13.8. The second-order valence-corrected chi connectivity index (χ2v) is 9.79. The zero-order chi connectivity index (χ0) is 27.8. The molecule has 9 nitrogen and oxygen atoms in total. The molecule has 0 heterocycles. The molecule has 0 aromatic heterocycles. The summed E-state index contributed by atoms with van der Waals surface area (Å²) < 4.78 is 5.25. The minimum atomic E-state index is -1.38. The van der Waals surface area contributed by atoms with E-state index in [1.165, 1.54) is 11.0 Å². The van der Waals surface area contributed by atoms with Gasteiger partial charge in [-0.15, -0.1) is 6.58 Å². The number of anilines is 1. The van der Waals surface area contributed by atoms with Gasteiger partial charge in [-0.1, -0.05) is 60.1 Å². The van der Waals surface area contributed by atoms with Crippen LogP contribution in [0.2, 0.25) is 5.02 Å². The van der Waals surface area contributed by atoms with Crippen LogP contribution in [0.5, 0.6) is 0 Å².